The van der Waals surface area contributed by atoms with Crippen LogP contribution in [0.5, 0.6) is 5.75 Å². The molecule has 3 aromatic rings. The van der Waals surface area contributed by atoms with Crippen molar-refractivity contribution >= 4 is 0 Å². The third kappa shape index (κ3) is 2.54. The Hall–Kier alpha value is -2.62. The monoisotopic (exact) mass is 265 g/mol. The summed E-state index contributed by atoms with van der Waals surface area (Å²) in [7, 11) is 1.69. The maximum absolute atomic E-state index is 5.50. The van der Waals surface area contributed by atoms with Gasteiger partial charge in [0.15, 0.2) is 0 Å². The summed E-state index contributed by atoms with van der Waals surface area (Å²) in [6.45, 7) is 0. The second-order valence-corrected chi connectivity index (χ2v) is 4.48. The molecule has 0 saturated heterocycles. The average molecular weight is 265 g/mol. The Kier molecular flexibility index (Phi) is 3.46. The minimum Gasteiger partial charge on any atom is -0.496 e. The molecule has 0 unspecified atom stereocenters. The van der Waals surface area contributed by atoms with Gasteiger partial charge in [-0.15, -0.1) is 0 Å². The van der Waals surface area contributed by atoms with Gasteiger partial charge in [-0.05, 0) is 35.4 Å². The lowest BCUT2D eigenvalue weighted by molar-refractivity contribution is 0.410. The number of pyridine rings is 1. The molecule has 0 spiro atoms. The molecule has 0 saturated carbocycles. The Labute approximate surface area is 117 Å². The second kappa shape index (κ2) is 5.57. The van der Waals surface area contributed by atoms with Gasteiger partial charge in [-0.2, -0.15) is 5.10 Å². The highest BCUT2D eigenvalue weighted by atomic mass is 16.5. The first-order chi connectivity index (χ1) is 9.86. The molecule has 0 fully saturated rings. The van der Waals surface area contributed by atoms with Crippen molar-refractivity contribution in [2.45, 2.75) is 6.42 Å². The Bertz CT molecular complexity index is 678. The fourth-order valence-electron chi connectivity index (χ4n) is 2.16. The number of benzene rings is 1. The maximum atomic E-state index is 5.50. The van der Waals surface area contributed by atoms with E-state index in [0.29, 0.717) is 0 Å². The lowest BCUT2D eigenvalue weighted by Crippen LogP contribution is -1.99. The summed E-state index contributed by atoms with van der Waals surface area (Å²) >= 11 is 0. The minimum atomic E-state index is 0.824. The van der Waals surface area contributed by atoms with Gasteiger partial charge in [-0.3, -0.25) is 4.98 Å². The van der Waals surface area contributed by atoms with Crippen molar-refractivity contribution in [3.8, 4) is 11.4 Å². The fourth-order valence-corrected chi connectivity index (χ4v) is 2.16. The van der Waals surface area contributed by atoms with Crippen LogP contribution in [0.15, 0.2) is 61.2 Å². The summed E-state index contributed by atoms with van der Waals surface area (Å²) in [6, 6.07) is 12.1. The first-order valence-corrected chi connectivity index (χ1v) is 6.42. The molecule has 0 aliphatic heterocycles. The molecule has 0 radical (unpaired) electrons. The molecule has 20 heavy (non-hydrogen) atoms. The molecule has 0 bridgehead atoms. The van der Waals surface area contributed by atoms with Gasteiger partial charge in [0.2, 0.25) is 0 Å². The van der Waals surface area contributed by atoms with Gasteiger partial charge < -0.3 is 4.74 Å². The van der Waals surface area contributed by atoms with Crippen LogP contribution >= 0.6 is 0 Å². The van der Waals surface area contributed by atoms with E-state index in [1.165, 1.54) is 5.56 Å². The molecule has 0 aliphatic carbocycles. The van der Waals surface area contributed by atoms with Crippen molar-refractivity contribution in [3.05, 3.63) is 72.3 Å². The van der Waals surface area contributed by atoms with E-state index in [-0.39, 0.29) is 0 Å². The van der Waals surface area contributed by atoms with Crippen LogP contribution in [0.3, 0.4) is 0 Å². The first-order valence-electron chi connectivity index (χ1n) is 6.42. The molecule has 1 aromatic carbocycles. The SMILES string of the molecule is COc1cc(-n2cccn2)ccc1Cc1ccncc1. The molecule has 0 N–H and O–H groups in total. The van der Waals surface area contributed by atoms with Crippen molar-refractivity contribution in [1.82, 2.24) is 14.8 Å². The Balaban J connectivity index is 1.92. The summed E-state index contributed by atoms with van der Waals surface area (Å²) < 4.78 is 7.32. The standard InChI is InChI=1S/C16H15N3O/c1-20-16-12-15(19-10-2-7-18-19)4-3-14(16)11-13-5-8-17-9-6-13/h2-10,12H,11H2,1H3. The molecule has 100 valence electrons. The Morgan fingerprint density at radius 1 is 1.10 bits per heavy atom. The summed E-state index contributed by atoms with van der Waals surface area (Å²) in [5.74, 6) is 0.870. The van der Waals surface area contributed by atoms with E-state index < -0.39 is 0 Å². The van der Waals surface area contributed by atoms with E-state index in [2.05, 4.69) is 16.1 Å². The van der Waals surface area contributed by atoms with Gasteiger partial charge in [0, 0.05) is 37.3 Å². The lowest BCUT2D eigenvalue weighted by Gasteiger charge is -2.11. The molecule has 4 heteroatoms. The fraction of sp³-hybridized carbons (Fsp3) is 0.125. The Morgan fingerprint density at radius 2 is 1.95 bits per heavy atom. The van der Waals surface area contributed by atoms with Crippen molar-refractivity contribution < 1.29 is 4.74 Å². The highest BCUT2D eigenvalue weighted by Crippen LogP contribution is 2.24. The van der Waals surface area contributed by atoms with Crippen LogP contribution in [-0.4, -0.2) is 21.9 Å². The third-order valence-electron chi connectivity index (χ3n) is 3.18. The van der Waals surface area contributed by atoms with E-state index in [1.54, 1.807) is 25.7 Å². The Morgan fingerprint density at radius 3 is 2.65 bits per heavy atom. The van der Waals surface area contributed by atoms with E-state index in [0.717, 1.165) is 23.4 Å². The molecule has 0 amide bonds. The molecule has 2 heterocycles. The van der Waals surface area contributed by atoms with E-state index in [1.807, 2.05) is 41.2 Å². The number of aromatic nitrogens is 3. The highest BCUT2D eigenvalue weighted by Gasteiger charge is 2.07. The summed E-state index contributed by atoms with van der Waals surface area (Å²) in [6.07, 6.45) is 8.11. The zero-order valence-electron chi connectivity index (χ0n) is 11.2. The van der Waals surface area contributed by atoms with Crippen LogP contribution < -0.4 is 4.74 Å². The third-order valence-corrected chi connectivity index (χ3v) is 3.18. The predicted octanol–water partition coefficient (Wildman–Crippen LogP) is 2.87. The normalized spacial score (nSPS) is 10.4. The topological polar surface area (TPSA) is 39.9 Å². The van der Waals surface area contributed by atoms with Gasteiger partial charge in [0.05, 0.1) is 12.8 Å². The first kappa shape index (κ1) is 12.4. The average Bonchev–Trinajstić information content (AvgIpc) is 3.03. The van der Waals surface area contributed by atoms with Gasteiger partial charge in [0.25, 0.3) is 0 Å². The maximum Gasteiger partial charge on any atom is 0.124 e. The van der Waals surface area contributed by atoms with Crippen LogP contribution in [0.4, 0.5) is 0 Å². The number of hydrogen-bond acceptors (Lipinski definition) is 3. The van der Waals surface area contributed by atoms with Gasteiger partial charge in [-0.1, -0.05) is 6.07 Å². The summed E-state index contributed by atoms with van der Waals surface area (Å²) in [5.41, 5.74) is 3.35. The number of ether oxygens (including phenoxy) is 1. The van der Waals surface area contributed by atoms with Crippen molar-refractivity contribution in [2.24, 2.45) is 0 Å². The molecule has 4 nitrogen and oxygen atoms in total. The molecule has 2 aromatic heterocycles. The summed E-state index contributed by atoms with van der Waals surface area (Å²) in [4.78, 5) is 4.03. The van der Waals surface area contributed by atoms with E-state index in [9.17, 15) is 0 Å². The number of rotatable bonds is 4. The number of nitrogens with zero attached hydrogens (tertiary/aromatic N) is 3. The van der Waals surface area contributed by atoms with E-state index >= 15 is 0 Å². The number of methoxy groups -OCH3 is 1. The molecule has 0 aliphatic rings. The van der Waals surface area contributed by atoms with Crippen LogP contribution in [0.25, 0.3) is 5.69 Å². The van der Waals surface area contributed by atoms with Crippen molar-refractivity contribution in [2.75, 3.05) is 7.11 Å². The van der Waals surface area contributed by atoms with E-state index in [4.69, 9.17) is 4.74 Å². The highest BCUT2D eigenvalue weighted by molar-refractivity contribution is 5.46. The van der Waals surface area contributed by atoms with Gasteiger partial charge in [0.1, 0.15) is 5.75 Å². The minimum absolute atomic E-state index is 0.824. The second-order valence-electron chi connectivity index (χ2n) is 4.48. The smallest absolute Gasteiger partial charge is 0.124 e. The van der Waals surface area contributed by atoms with Gasteiger partial charge in [-0.25, -0.2) is 4.68 Å². The molecule has 3 rings (SSSR count). The largest absolute Gasteiger partial charge is 0.496 e. The van der Waals surface area contributed by atoms with Crippen LogP contribution in [0, 0.1) is 0 Å². The van der Waals surface area contributed by atoms with Gasteiger partial charge >= 0.3 is 0 Å². The van der Waals surface area contributed by atoms with Crippen molar-refractivity contribution in [1.29, 1.82) is 0 Å². The van der Waals surface area contributed by atoms with Crippen LogP contribution in [-0.2, 0) is 6.42 Å². The zero-order chi connectivity index (χ0) is 13.8. The quantitative estimate of drug-likeness (QED) is 0.728. The van der Waals surface area contributed by atoms with Crippen LogP contribution in [0.2, 0.25) is 0 Å². The predicted molar refractivity (Wildman–Crippen MR) is 77.2 cm³/mol. The van der Waals surface area contributed by atoms with Crippen LogP contribution in [0.1, 0.15) is 11.1 Å². The molecule has 0 atom stereocenters. The number of hydrogen-bond donors (Lipinski definition) is 0. The molecular formula is C16H15N3O. The molecular weight excluding hydrogens is 250 g/mol. The van der Waals surface area contributed by atoms with Crippen molar-refractivity contribution in [3.63, 3.8) is 0 Å². The zero-order valence-corrected chi connectivity index (χ0v) is 11.2. The lowest BCUT2D eigenvalue weighted by atomic mass is 10.0. The summed E-state index contributed by atoms with van der Waals surface area (Å²) in [5, 5.41) is 4.23.